The van der Waals surface area contributed by atoms with Gasteiger partial charge in [-0.05, 0) is 20.8 Å². The number of rotatable bonds is 8. The molecule has 0 heterocycles. The Morgan fingerprint density at radius 3 is 1.88 bits per heavy atom. The summed E-state index contributed by atoms with van der Waals surface area (Å²) in [6, 6.07) is 0. The summed E-state index contributed by atoms with van der Waals surface area (Å²) in [5.74, 6) is -1.27. The summed E-state index contributed by atoms with van der Waals surface area (Å²) in [6.07, 6.45) is 0.340. The van der Waals surface area contributed by atoms with Crippen LogP contribution in [0.3, 0.4) is 0 Å². The summed E-state index contributed by atoms with van der Waals surface area (Å²) >= 11 is 0. The maximum Gasteiger partial charge on any atom is 0.407 e. The van der Waals surface area contributed by atoms with Crippen LogP contribution in [0.15, 0.2) is 0 Å². The minimum atomic E-state index is -4.26. The van der Waals surface area contributed by atoms with Gasteiger partial charge in [-0.1, -0.05) is 0 Å². The molecule has 0 bridgehead atoms. The molecule has 1 N–H and O–H groups in total. The topological polar surface area (TPSA) is 151 Å². The Morgan fingerprint density at radius 2 is 1.52 bits per heavy atom. The van der Waals surface area contributed by atoms with E-state index in [1.54, 1.807) is 20.8 Å². The molecule has 0 fully saturated rings. The van der Waals surface area contributed by atoms with E-state index in [-0.39, 0.29) is 0 Å². The number of amides is 1. The van der Waals surface area contributed by atoms with Crippen molar-refractivity contribution in [3.8, 4) is 0 Å². The van der Waals surface area contributed by atoms with Gasteiger partial charge in [-0.15, -0.1) is 0 Å². The zero-order valence-electron chi connectivity index (χ0n) is 14.8. The van der Waals surface area contributed by atoms with Crippen LogP contribution in [0.25, 0.3) is 0 Å². The zero-order valence-corrected chi connectivity index (χ0v) is 16.4. The molecule has 0 radical (unpaired) electrons. The lowest BCUT2D eigenvalue weighted by Crippen LogP contribution is -2.56. The molecule has 1 amide bonds. The second kappa shape index (κ2) is 8.29. The van der Waals surface area contributed by atoms with Gasteiger partial charge in [0.1, 0.15) is 12.2 Å². The number of carbonyl (C=O) groups excluding carboxylic acids is 2. The van der Waals surface area contributed by atoms with Crippen LogP contribution < -0.4 is 5.32 Å². The standard InChI is InChI=1S/C12H23NO10S2/c1-11(2,3)22-10(15)13-7-12(9(14)20-4,23-25(6,18)19)8-21-24(5,16)17/h7-8H2,1-6H3,(H,13,15). The first-order valence-electron chi connectivity index (χ1n) is 6.80. The lowest BCUT2D eigenvalue weighted by atomic mass is 10.1. The number of ether oxygens (including phenoxy) is 2. The van der Waals surface area contributed by atoms with E-state index >= 15 is 0 Å². The van der Waals surface area contributed by atoms with E-state index in [4.69, 9.17) is 8.92 Å². The van der Waals surface area contributed by atoms with Crippen LogP contribution in [0, 0.1) is 0 Å². The SMILES string of the molecule is COC(=O)C(CNC(=O)OC(C)(C)C)(COS(C)(=O)=O)OS(C)(=O)=O. The third-order valence-corrected chi connectivity index (χ3v) is 3.46. The van der Waals surface area contributed by atoms with Crippen LogP contribution in [0.5, 0.6) is 0 Å². The van der Waals surface area contributed by atoms with Crippen molar-refractivity contribution >= 4 is 32.3 Å². The highest BCUT2D eigenvalue weighted by Crippen LogP contribution is 2.18. The lowest BCUT2D eigenvalue weighted by Gasteiger charge is -2.29. The Bertz CT molecular complexity index is 692. The fraction of sp³-hybridized carbons (Fsp3) is 0.833. The van der Waals surface area contributed by atoms with Crippen molar-refractivity contribution in [2.45, 2.75) is 32.0 Å². The number of methoxy groups -OCH3 is 1. The zero-order chi connectivity index (χ0) is 20.1. The van der Waals surface area contributed by atoms with Gasteiger partial charge >= 0.3 is 12.1 Å². The Hall–Kier alpha value is -1.44. The van der Waals surface area contributed by atoms with Crippen LogP contribution >= 0.6 is 0 Å². The van der Waals surface area contributed by atoms with Crippen molar-refractivity contribution in [2.24, 2.45) is 0 Å². The monoisotopic (exact) mass is 405 g/mol. The van der Waals surface area contributed by atoms with Gasteiger partial charge < -0.3 is 14.8 Å². The van der Waals surface area contributed by atoms with Crippen molar-refractivity contribution in [3.63, 3.8) is 0 Å². The molecule has 0 rings (SSSR count). The first-order chi connectivity index (χ1) is 11.0. The number of nitrogens with one attached hydrogen (secondary N) is 1. The molecule has 0 aliphatic heterocycles. The number of esters is 1. The van der Waals surface area contributed by atoms with E-state index in [1.807, 2.05) is 0 Å². The second-order valence-electron chi connectivity index (χ2n) is 6.10. The van der Waals surface area contributed by atoms with E-state index in [2.05, 4.69) is 14.2 Å². The van der Waals surface area contributed by atoms with Gasteiger partial charge in [-0.25, -0.2) is 13.8 Å². The first-order valence-corrected chi connectivity index (χ1v) is 10.4. The molecule has 148 valence electrons. The summed E-state index contributed by atoms with van der Waals surface area (Å²) in [4.78, 5) is 23.8. The molecule has 0 aliphatic carbocycles. The molecule has 0 aromatic carbocycles. The highest BCUT2D eigenvalue weighted by Gasteiger charge is 2.46. The van der Waals surface area contributed by atoms with Crippen molar-refractivity contribution < 1.29 is 44.3 Å². The fourth-order valence-electron chi connectivity index (χ4n) is 1.48. The number of hydrogen-bond acceptors (Lipinski definition) is 10. The van der Waals surface area contributed by atoms with Crippen molar-refractivity contribution in [1.29, 1.82) is 0 Å². The van der Waals surface area contributed by atoms with Gasteiger partial charge in [0.2, 0.25) is 5.60 Å². The molecule has 1 unspecified atom stereocenters. The van der Waals surface area contributed by atoms with Crippen LogP contribution in [0.2, 0.25) is 0 Å². The van der Waals surface area contributed by atoms with Gasteiger partial charge in [0.25, 0.3) is 20.2 Å². The Balaban J connectivity index is 5.59. The number of hydrogen-bond donors (Lipinski definition) is 1. The van der Waals surface area contributed by atoms with E-state index in [0.29, 0.717) is 12.5 Å². The van der Waals surface area contributed by atoms with Crippen molar-refractivity contribution in [1.82, 2.24) is 5.32 Å². The summed E-state index contributed by atoms with van der Waals surface area (Å²) in [6.45, 7) is 2.93. The molecule has 25 heavy (non-hydrogen) atoms. The predicted octanol–water partition coefficient (Wildman–Crippen LogP) is -0.625. The van der Waals surface area contributed by atoms with E-state index in [9.17, 15) is 26.4 Å². The Labute approximate surface area is 147 Å². The molecule has 0 aliphatic rings. The van der Waals surface area contributed by atoms with E-state index in [1.165, 1.54) is 0 Å². The quantitative estimate of drug-likeness (QED) is 0.408. The maximum atomic E-state index is 12.0. The third-order valence-electron chi connectivity index (χ3n) is 2.29. The molecule has 0 aromatic heterocycles. The highest BCUT2D eigenvalue weighted by atomic mass is 32.2. The van der Waals surface area contributed by atoms with Crippen LogP contribution in [-0.4, -0.2) is 72.9 Å². The van der Waals surface area contributed by atoms with Gasteiger partial charge in [0, 0.05) is 0 Å². The smallest absolute Gasteiger partial charge is 0.407 e. The van der Waals surface area contributed by atoms with Crippen molar-refractivity contribution in [3.05, 3.63) is 0 Å². The number of alkyl carbamates (subject to hydrolysis) is 1. The summed E-state index contributed by atoms with van der Waals surface area (Å²) in [5, 5.41) is 2.13. The van der Waals surface area contributed by atoms with Crippen LogP contribution in [-0.2, 0) is 42.9 Å². The molecule has 0 spiro atoms. The van der Waals surface area contributed by atoms with Gasteiger partial charge in [-0.3, -0.25) is 4.18 Å². The molecule has 13 heteroatoms. The third kappa shape index (κ3) is 10.2. The number of carbonyl (C=O) groups is 2. The summed E-state index contributed by atoms with van der Waals surface area (Å²) in [5.41, 5.74) is -3.32. The molecule has 0 saturated carbocycles. The minimum absolute atomic E-state index is 0.638. The molecule has 0 aromatic rings. The summed E-state index contributed by atoms with van der Waals surface area (Å²) < 4.78 is 63.9. The van der Waals surface area contributed by atoms with E-state index < -0.39 is 56.7 Å². The molecular weight excluding hydrogens is 382 g/mol. The van der Waals surface area contributed by atoms with Crippen molar-refractivity contribution in [2.75, 3.05) is 32.8 Å². The minimum Gasteiger partial charge on any atom is -0.467 e. The average molecular weight is 405 g/mol. The Kier molecular flexibility index (Phi) is 7.82. The first kappa shape index (κ1) is 23.6. The van der Waals surface area contributed by atoms with Crippen LogP contribution in [0.4, 0.5) is 4.79 Å². The molecular formula is C12H23NO10S2. The van der Waals surface area contributed by atoms with Crippen LogP contribution in [0.1, 0.15) is 20.8 Å². The molecule has 0 saturated heterocycles. The van der Waals surface area contributed by atoms with Gasteiger partial charge in [0.05, 0.1) is 26.2 Å². The van der Waals surface area contributed by atoms with Gasteiger partial charge in [0.15, 0.2) is 0 Å². The molecule has 11 nitrogen and oxygen atoms in total. The Morgan fingerprint density at radius 1 is 1.00 bits per heavy atom. The lowest BCUT2D eigenvalue weighted by molar-refractivity contribution is -0.160. The predicted molar refractivity (Wildman–Crippen MR) is 85.7 cm³/mol. The molecule has 1 atom stereocenters. The largest absolute Gasteiger partial charge is 0.467 e. The normalized spacial score (nSPS) is 15.1. The maximum absolute atomic E-state index is 12.0. The second-order valence-corrected chi connectivity index (χ2v) is 9.31. The van der Waals surface area contributed by atoms with E-state index in [0.717, 1.165) is 7.11 Å². The summed E-state index contributed by atoms with van der Waals surface area (Å²) in [7, 11) is -7.38. The average Bonchev–Trinajstić information content (AvgIpc) is 2.37. The van der Waals surface area contributed by atoms with Gasteiger partial charge in [-0.2, -0.15) is 16.8 Å². The highest BCUT2D eigenvalue weighted by molar-refractivity contribution is 7.86. The fourth-order valence-corrected chi connectivity index (χ4v) is 2.64.